The Hall–Kier alpha value is -1.09. The first kappa shape index (κ1) is 22.6. The Morgan fingerprint density at radius 2 is 1.66 bits per heavy atom. The number of unbranched alkanes of at least 4 members (excludes halogenated alkanes) is 3. The number of aromatic nitrogens is 3. The van der Waals surface area contributed by atoms with Crippen molar-refractivity contribution in [3.8, 4) is 6.07 Å². The summed E-state index contributed by atoms with van der Waals surface area (Å²) in [5, 5.41) is 11.3. The van der Waals surface area contributed by atoms with Gasteiger partial charge in [-0.2, -0.15) is 0 Å². The van der Waals surface area contributed by atoms with Crippen molar-refractivity contribution in [3.05, 3.63) is 17.6 Å². The summed E-state index contributed by atoms with van der Waals surface area (Å²) in [7, 11) is 0. The van der Waals surface area contributed by atoms with Crippen LogP contribution in [0.5, 0.6) is 0 Å². The standard InChI is InChI=1S/C12H11N4.3C4H9.Sn/c1-8-14-6-11-9(5-13)7-16(12(11)15-8)10-3-2-4-10;3*1-3-4-2;/h6,10H,2-4H2,1H3;3*1,3-4H2,2H3;. The van der Waals surface area contributed by atoms with E-state index < -0.39 is 18.4 Å². The molecule has 1 aliphatic rings. The van der Waals surface area contributed by atoms with Gasteiger partial charge in [-0.15, -0.1) is 0 Å². The molecule has 0 saturated heterocycles. The Kier molecular flexibility index (Phi) is 8.01. The molecule has 2 aromatic rings. The molecule has 2 heterocycles. The van der Waals surface area contributed by atoms with Gasteiger partial charge in [0.25, 0.3) is 0 Å². The normalized spacial score (nSPS) is 14.9. The van der Waals surface area contributed by atoms with Crippen molar-refractivity contribution in [1.29, 1.82) is 5.26 Å². The van der Waals surface area contributed by atoms with Crippen LogP contribution in [0.15, 0.2) is 6.20 Å². The molecule has 0 atom stereocenters. The van der Waals surface area contributed by atoms with E-state index in [0.29, 0.717) is 6.04 Å². The Morgan fingerprint density at radius 1 is 1.07 bits per heavy atom. The fourth-order valence-electron chi connectivity index (χ4n) is 5.08. The molecular formula is C24H38N4Sn. The van der Waals surface area contributed by atoms with E-state index in [1.165, 1.54) is 74.8 Å². The molecule has 158 valence electrons. The number of rotatable bonds is 11. The van der Waals surface area contributed by atoms with E-state index in [0.717, 1.165) is 22.4 Å². The van der Waals surface area contributed by atoms with E-state index in [1.807, 2.05) is 13.1 Å². The summed E-state index contributed by atoms with van der Waals surface area (Å²) in [5.74, 6) is 0.822. The molecule has 0 bridgehead atoms. The average molecular weight is 501 g/mol. The van der Waals surface area contributed by atoms with Crippen molar-refractivity contribution in [1.82, 2.24) is 14.5 Å². The number of hydrogen-bond donors (Lipinski definition) is 0. The summed E-state index contributed by atoms with van der Waals surface area (Å²) in [4.78, 5) is 9.39. The van der Waals surface area contributed by atoms with Crippen molar-refractivity contribution in [2.24, 2.45) is 0 Å². The molecule has 0 aliphatic heterocycles. The summed E-state index contributed by atoms with van der Waals surface area (Å²) in [6, 6.07) is 3.21. The van der Waals surface area contributed by atoms with Gasteiger partial charge in [-0.25, -0.2) is 0 Å². The van der Waals surface area contributed by atoms with Gasteiger partial charge in [0.2, 0.25) is 0 Å². The molecule has 0 N–H and O–H groups in total. The van der Waals surface area contributed by atoms with Crippen LogP contribution < -0.4 is 3.71 Å². The third-order valence-corrected chi connectivity index (χ3v) is 22.4. The Balaban J connectivity index is 2.29. The van der Waals surface area contributed by atoms with Crippen molar-refractivity contribution < 1.29 is 0 Å². The molecule has 29 heavy (non-hydrogen) atoms. The van der Waals surface area contributed by atoms with Crippen LogP contribution in [0.2, 0.25) is 13.3 Å². The number of nitrogens with zero attached hydrogens (tertiary/aromatic N) is 4. The molecule has 0 radical (unpaired) electrons. The molecule has 0 unspecified atom stereocenters. The Morgan fingerprint density at radius 3 is 2.10 bits per heavy atom. The summed E-state index contributed by atoms with van der Waals surface area (Å²) in [5.41, 5.74) is 2.00. The van der Waals surface area contributed by atoms with Gasteiger partial charge in [-0.05, 0) is 0 Å². The van der Waals surface area contributed by atoms with Gasteiger partial charge in [0.1, 0.15) is 0 Å². The molecule has 0 aromatic carbocycles. The molecule has 1 fully saturated rings. The SMILES string of the molecule is CCC[CH2][Sn]([CH2]CCC)([CH2]CCC)[c]1c(C#N)c2cnc(C)nc2n1C1CCC1. The van der Waals surface area contributed by atoms with Crippen LogP contribution in [-0.4, -0.2) is 32.9 Å². The van der Waals surface area contributed by atoms with Gasteiger partial charge in [0.15, 0.2) is 0 Å². The van der Waals surface area contributed by atoms with Crippen LogP contribution in [0.3, 0.4) is 0 Å². The Labute approximate surface area is 181 Å². The van der Waals surface area contributed by atoms with Crippen LogP contribution in [0.25, 0.3) is 11.0 Å². The summed E-state index contributed by atoms with van der Waals surface area (Å²) in [6.45, 7) is 8.93. The predicted molar refractivity (Wildman–Crippen MR) is 124 cm³/mol. The number of nitriles is 1. The second-order valence-corrected chi connectivity index (χ2v) is 22.0. The van der Waals surface area contributed by atoms with E-state index >= 15 is 0 Å². The second-order valence-electron chi connectivity index (χ2n) is 9.04. The van der Waals surface area contributed by atoms with Crippen LogP contribution >= 0.6 is 0 Å². The minimum absolute atomic E-state index is 0.546. The molecule has 0 spiro atoms. The van der Waals surface area contributed by atoms with E-state index in [9.17, 15) is 5.26 Å². The molecule has 5 heteroatoms. The van der Waals surface area contributed by atoms with E-state index in [1.54, 1.807) is 0 Å². The molecule has 4 nitrogen and oxygen atoms in total. The molecule has 3 rings (SSSR count). The number of aryl methyl sites for hydroxylation is 1. The van der Waals surface area contributed by atoms with Crippen molar-refractivity contribution in [2.75, 3.05) is 0 Å². The zero-order valence-electron chi connectivity index (χ0n) is 18.9. The van der Waals surface area contributed by atoms with Crippen molar-refractivity contribution in [2.45, 2.75) is 105 Å². The maximum absolute atomic E-state index is 10.3. The predicted octanol–water partition coefficient (Wildman–Crippen LogP) is 6.39. The topological polar surface area (TPSA) is 54.5 Å². The number of hydrogen-bond acceptors (Lipinski definition) is 3. The number of fused-ring (bicyclic) bond motifs is 1. The summed E-state index contributed by atoms with van der Waals surface area (Å²) < 4.78 is 8.26. The van der Waals surface area contributed by atoms with Crippen LogP contribution in [-0.2, 0) is 0 Å². The minimum atomic E-state index is -2.79. The van der Waals surface area contributed by atoms with E-state index in [2.05, 4.69) is 36.4 Å². The first-order valence-electron chi connectivity index (χ1n) is 11.9. The van der Waals surface area contributed by atoms with Crippen molar-refractivity contribution in [3.63, 3.8) is 0 Å². The molecule has 2 aromatic heterocycles. The fourth-order valence-corrected chi connectivity index (χ4v) is 22.4. The molecule has 1 saturated carbocycles. The molecular weight excluding hydrogens is 463 g/mol. The first-order chi connectivity index (χ1) is 14.1. The van der Waals surface area contributed by atoms with Crippen LogP contribution in [0.1, 0.15) is 96.0 Å². The van der Waals surface area contributed by atoms with Crippen LogP contribution in [0.4, 0.5) is 0 Å². The molecule has 1 aliphatic carbocycles. The summed E-state index contributed by atoms with van der Waals surface area (Å²) >= 11 is -2.79. The third-order valence-electron chi connectivity index (χ3n) is 6.94. The van der Waals surface area contributed by atoms with Crippen LogP contribution in [0, 0.1) is 18.3 Å². The van der Waals surface area contributed by atoms with Gasteiger partial charge in [0.05, 0.1) is 0 Å². The van der Waals surface area contributed by atoms with Gasteiger partial charge in [-0.1, -0.05) is 0 Å². The zero-order chi connectivity index (χ0) is 20.9. The van der Waals surface area contributed by atoms with E-state index in [4.69, 9.17) is 4.98 Å². The van der Waals surface area contributed by atoms with Gasteiger partial charge >= 0.3 is 181 Å². The Bertz CT molecular complexity index is 838. The zero-order valence-corrected chi connectivity index (χ0v) is 21.8. The molecule has 0 amide bonds. The van der Waals surface area contributed by atoms with E-state index in [-0.39, 0.29) is 0 Å². The fraction of sp³-hybridized carbons (Fsp3) is 0.708. The quantitative estimate of drug-likeness (QED) is 0.335. The average Bonchev–Trinajstić information content (AvgIpc) is 3.00. The monoisotopic (exact) mass is 502 g/mol. The maximum atomic E-state index is 10.3. The second kappa shape index (κ2) is 10.3. The first-order valence-corrected chi connectivity index (χ1v) is 19.4. The van der Waals surface area contributed by atoms with Gasteiger partial charge in [-0.3, -0.25) is 0 Å². The summed E-state index contributed by atoms with van der Waals surface area (Å²) in [6.07, 6.45) is 13.4. The van der Waals surface area contributed by atoms with Crippen molar-refractivity contribution >= 4 is 33.1 Å². The third kappa shape index (κ3) is 4.50. The van der Waals surface area contributed by atoms with Gasteiger partial charge in [0, 0.05) is 0 Å². The van der Waals surface area contributed by atoms with Gasteiger partial charge < -0.3 is 0 Å².